The Morgan fingerprint density at radius 2 is 2.18 bits per heavy atom. The first-order chi connectivity index (χ1) is 5.09. The van der Waals surface area contributed by atoms with Gasteiger partial charge in [0, 0.05) is 12.5 Å². The minimum Gasteiger partial charge on any atom is -0.396 e. The molecule has 0 saturated carbocycles. The summed E-state index contributed by atoms with van der Waals surface area (Å²) in [7, 11) is 0. The fraction of sp³-hybridized carbons (Fsp3) is 0.571. The minimum absolute atomic E-state index is 0.0190. The molecule has 0 saturated heterocycles. The van der Waals surface area contributed by atoms with Crippen molar-refractivity contribution in [2.45, 2.75) is 26.3 Å². The highest BCUT2D eigenvalue weighted by Gasteiger charge is 2.09. The van der Waals surface area contributed by atoms with Crippen molar-refractivity contribution >= 4 is 0 Å². The van der Waals surface area contributed by atoms with Gasteiger partial charge in [-0.15, -0.1) is 0 Å². The fourth-order valence-corrected chi connectivity index (χ4v) is 0.853. The van der Waals surface area contributed by atoms with Gasteiger partial charge in [-0.05, 0) is 13.8 Å². The van der Waals surface area contributed by atoms with E-state index in [0.29, 0.717) is 17.9 Å². The summed E-state index contributed by atoms with van der Waals surface area (Å²) in [5, 5.41) is 0. The smallest absolute Gasteiger partial charge is 0.396 e. The molecule has 1 atom stereocenters. The van der Waals surface area contributed by atoms with E-state index in [2.05, 4.69) is 4.42 Å². The molecule has 0 amide bonds. The summed E-state index contributed by atoms with van der Waals surface area (Å²) in [6, 6.07) is -0.0190. The number of rotatable bonds is 2. The second-order valence-electron chi connectivity index (χ2n) is 2.61. The van der Waals surface area contributed by atoms with Gasteiger partial charge >= 0.3 is 5.82 Å². The Labute approximate surface area is 64.0 Å². The van der Waals surface area contributed by atoms with Gasteiger partial charge in [0.25, 0.3) is 0 Å². The normalized spacial score (nSPS) is 13.4. The van der Waals surface area contributed by atoms with Gasteiger partial charge in [0.1, 0.15) is 5.76 Å². The molecule has 1 unspecified atom stereocenters. The van der Waals surface area contributed by atoms with Crippen LogP contribution in [0.25, 0.3) is 0 Å². The number of hydrogen-bond donors (Lipinski definition) is 1. The lowest BCUT2D eigenvalue weighted by Gasteiger charge is -1.99. The van der Waals surface area contributed by atoms with E-state index in [9.17, 15) is 4.79 Å². The van der Waals surface area contributed by atoms with Crippen LogP contribution in [0.1, 0.15) is 18.4 Å². The molecule has 0 aliphatic carbocycles. The summed E-state index contributed by atoms with van der Waals surface area (Å²) in [5.41, 5.74) is 5.50. The Kier molecular flexibility index (Phi) is 2.14. The van der Waals surface area contributed by atoms with Crippen molar-refractivity contribution < 1.29 is 8.83 Å². The van der Waals surface area contributed by atoms with E-state index in [1.807, 2.05) is 6.92 Å². The highest BCUT2D eigenvalue weighted by atomic mass is 16.6. The van der Waals surface area contributed by atoms with Crippen LogP contribution in [0.2, 0.25) is 0 Å². The van der Waals surface area contributed by atoms with Gasteiger partial charge in [-0.2, -0.15) is 0 Å². The second kappa shape index (κ2) is 2.92. The van der Waals surface area contributed by atoms with Gasteiger partial charge in [-0.1, -0.05) is 0 Å². The molecular weight excluding hydrogens is 146 g/mol. The highest BCUT2D eigenvalue weighted by molar-refractivity contribution is 5.01. The first kappa shape index (κ1) is 8.07. The second-order valence-corrected chi connectivity index (χ2v) is 2.61. The third kappa shape index (κ3) is 1.94. The van der Waals surface area contributed by atoms with Crippen molar-refractivity contribution in [3.05, 3.63) is 22.1 Å². The fourth-order valence-electron chi connectivity index (χ4n) is 0.853. The van der Waals surface area contributed by atoms with Crippen molar-refractivity contribution in [2.24, 2.45) is 5.73 Å². The molecule has 11 heavy (non-hydrogen) atoms. The van der Waals surface area contributed by atoms with Gasteiger partial charge < -0.3 is 14.6 Å². The number of nitrogens with two attached hydrogens (primary N) is 1. The largest absolute Gasteiger partial charge is 0.519 e. The summed E-state index contributed by atoms with van der Waals surface area (Å²) in [5.74, 6) is 0.412. The van der Waals surface area contributed by atoms with Gasteiger partial charge in [-0.3, -0.25) is 0 Å². The first-order valence-electron chi connectivity index (χ1n) is 3.44. The van der Waals surface area contributed by atoms with Crippen molar-refractivity contribution in [1.82, 2.24) is 0 Å². The van der Waals surface area contributed by atoms with Gasteiger partial charge in [-0.25, -0.2) is 4.79 Å². The van der Waals surface area contributed by atoms with Gasteiger partial charge in [0.15, 0.2) is 5.76 Å². The first-order valence-corrected chi connectivity index (χ1v) is 3.44. The Morgan fingerprint density at radius 1 is 1.55 bits per heavy atom. The van der Waals surface area contributed by atoms with E-state index < -0.39 is 5.82 Å². The maximum atomic E-state index is 10.5. The predicted octanol–water partition coefficient (Wildman–Crippen LogP) is 0.431. The summed E-state index contributed by atoms with van der Waals surface area (Å²) >= 11 is 0. The predicted molar refractivity (Wildman–Crippen MR) is 39.3 cm³/mol. The molecule has 4 heteroatoms. The van der Waals surface area contributed by atoms with Crippen LogP contribution in [0.5, 0.6) is 0 Å². The maximum absolute atomic E-state index is 10.5. The average molecular weight is 157 g/mol. The van der Waals surface area contributed by atoms with Crippen LogP contribution in [-0.4, -0.2) is 6.04 Å². The third-order valence-corrected chi connectivity index (χ3v) is 1.34. The Morgan fingerprint density at radius 3 is 2.55 bits per heavy atom. The van der Waals surface area contributed by atoms with Crippen LogP contribution in [0.3, 0.4) is 0 Å². The lowest BCUT2D eigenvalue weighted by atomic mass is 10.2. The molecule has 2 N–H and O–H groups in total. The van der Waals surface area contributed by atoms with E-state index >= 15 is 0 Å². The summed E-state index contributed by atoms with van der Waals surface area (Å²) < 4.78 is 9.36. The topological polar surface area (TPSA) is 69.4 Å². The molecule has 0 spiro atoms. The van der Waals surface area contributed by atoms with Gasteiger partial charge in [0.05, 0.1) is 0 Å². The molecule has 1 aromatic heterocycles. The molecule has 62 valence electrons. The summed E-state index contributed by atoms with van der Waals surface area (Å²) in [4.78, 5) is 10.5. The zero-order chi connectivity index (χ0) is 8.43. The van der Waals surface area contributed by atoms with E-state index in [1.165, 1.54) is 0 Å². The molecule has 0 aliphatic heterocycles. The van der Waals surface area contributed by atoms with Crippen LogP contribution < -0.4 is 11.6 Å². The molecule has 4 nitrogen and oxygen atoms in total. The van der Waals surface area contributed by atoms with Gasteiger partial charge in [0.2, 0.25) is 0 Å². The highest BCUT2D eigenvalue weighted by Crippen LogP contribution is 2.06. The molecule has 0 fully saturated rings. The van der Waals surface area contributed by atoms with E-state index in [4.69, 9.17) is 10.2 Å². The summed E-state index contributed by atoms with van der Waals surface area (Å²) in [6.07, 6.45) is 0.539. The zero-order valence-electron chi connectivity index (χ0n) is 6.59. The molecule has 0 aliphatic rings. The maximum Gasteiger partial charge on any atom is 0.519 e. The van der Waals surface area contributed by atoms with E-state index in [1.54, 1.807) is 6.92 Å². The molecule has 0 aromatic carbocycles. The van der Waals surface area contributed by atoms with Crippen LogP contribution in [-0.2, 0) is 6.42 Å². The molecular formula is C7H11NO3. The Hall–Kier alpha value is -1.03. The van der Waals surface area contributed by atoms with Crippen LogP contribution in [0, 0.1) is 6.92 Å². The van der Waals surface area contributed by atoms with E-state index in [-0.39, 0.29) is 6.04 Å². The Balaban J connectivity index is 2.86. The molecule has 1 heterocycles. The standard InChI is InChI=1S/C7H11NO3/c1-4(8)3-6-5(2)10-7(9)11-6/h4H,3,8H2,1-2H3. The SMILES string of the molecule is Cc1oc(=O)oc1CC(C)N. The molecule has 1 rings (SSSR count). The average Bonchev–Trinajstić information content (AvgIpc) is 2.09. The monoisotopic (exact) mass is 157 g/mol. The minimum atomic E-state index is -0.654. The number of hydrogen-bond acceptors (Lipinski definition) is 4. The lowest BCUT2D eigenvalue weighted by molar-refractivity contribution is 0.367. The van der Waals surface area contributed by atoms with E-state index in [0.717, 1.165) is 0 Å². The zero-order valence-corrected chi connectivity index (χ0v) is 6.59. The summed E-state index contributed by atoms with van der Waals surface area (Å²) in [6.45, 7) is 3.52. The molecule has 0 radical (unpaired) electrons. The molecule has 1 aromatic rings. The number of aryl methyl sites for hydroxylation is 1. The Bertz CT molecular complexity index is 284. The van der Waals surface area contributed by atoms with Crippen molar-refractivity contribution in [1.29, 1.82) is 0 Å². The third-order valence-electron chi connectivity index (χ3n) is 1.34. The lowest BCUT2D eigenvalue weighted by Crippen LogP contribution is -2.17. The van der Waals surface area contributed by atoms with Crippen molar-refractivity contribution in [2.75, 3.05) is 0 Å². The van der Waals surface area contributed by atoms with Crippen molar-refractivity contribution in [3.8, 4) is 0 Å². The van der Waals surface area contributed by atoms with Crippen molar-refractivity contribution in [3.63, 3.8) is 0 Å². The van der Waals surface area contributed by atoms with Crippen LogP contribution >= 0.6 is 0 Å². The van der Waals surface area contributed by atoms with Crippen LogP contribution in [0.4, 0.5) is 0 Å². The molecule has 0 bridgehead atoms. The quantitative estimate of drug-likeness (QED) is 0.675. The van der Waals surface area contributed by atoms with Crippen LogP contribution in [0.15, 0.2) is 13.6 Å².